The van der Waals surface area contributed by atoms with Crippen molar-refractivity contribution < 1.29 is 9.59 Å². The molecule has 3 rings (SSSR count). The number of carbonyl (C=O) groups is 2. The van der Waals surface area contributed by atoms with Gasteiger partial charge in [-0.05, 0) is 41.1 Å². The monoisotopic (exact) mass is 422 g/mol. The summed E-state index contributed by atoms with van der Waals surface area (Å²) in [7, 11) is 0. The van der Waals surface area contributed by atoms with Crippen molar-refractivity contribution in [1.82, 2.24) is 9.80 Å². The second kappa shape index (κ2) is 8.91. The van der Waals surface area contributed by atoms with E-state index in [1.807, 2.05) is 29.2 Å². The van der Waals surface area contributed by atoms with E-state index >= 15 is 0 Å². The predicted octanol–water partition coefficient (Wildman–Crippen LogP) is 4.13. The molecule has 4 nitrogen and oxygen atoms in total. The van der Waals surface area contributed by atoms with E-state index in [9.17, 15) is 9.59 Å². The van der Waals surface area contributed by atoms with Crippen molar-refractivity contribution in [1.29, 1.82) is 0 Å². The normalized spacial score (nSPS) is 15.9. The van der Waals surface area contributed by atoms with Crippen LogP contribution >= 0.6 is 34.5 Å². The van der Waals surface area contributed by atoms with E-state index < -0.39 is 0 Å². The van der Waals surface area contributed by atoms with Gasteiger partial charge in [0.2, 0.25) is 11.8 Å². The molecule has 2 amide bonds. The lowest BCUT2D eigenvalue weighted by atomic mass is 9.93. The Hall–Kier alpha value is -1.82. The van der Waals surface area contributed by atoms with Gasteiger partial charge < -0.3 is 9.80 Å². The maximum absolute atomic E-state index is 13.1. The minimum atomic E-state index is -0.277. The molecule has 1 aromatic heterocycles. The number of amides is 2. The lowest BCUT2D eigenvalue weighted by molar-refractivity contribution is -0.140. The molecule has 0 radical (unpaired) electrons. The fourth-order valence-electron chi connectivity index (χ4n) is 3.34. The molecule has 2 heterocycles. The summed E-state index contributed by atoms with van der Waals surface area (Å²) in [5.74, 6) is -0.538. The molecule has 1 aliphatic rings. The summed E-state index contributed by atoms with van der Waals surface area (Å²) in [6.45, 7) is 4.54. The molecule has 1 aromatic carbocycles. The van der Waals surface area contributed by atoms with Crippen molar-refractivity contribution in [3.05, 3.63) is 69.4 Å². The van der Waals surface area contributed by atoms with Crippen LogP contribution in [0.3, 0.4) is 0 Å². The molecule has 142 valence electrons. The molecular formula is C20H20Cl2N2O2S. The number of nitrogens with zero attached hydrogens (tertiary/aromatic N) is 2. The molecule has 0 saturated carbocycles. The number of alkyl halides is 1. The zero-order valence-electron chi connectivity index (χ0n) is 14.7. The Morgan fingerprint density at radius 2 is 2.04 bits per heavy atom. The summed E-state index contributed by atoms with van der Waals surface area (Å²) in [5, 5.41) is 2.71. The molecule has 0 fully saturated rings. The van der Waals surface area contributed by atoms with Crippen LogP contribution < -0.4 is 0 Å². The largest absolute Gasteiger partial charge is 0.330 e. The van der Waals surface area contributed by atoms with Crippen molar-refractivity contribution in [2.45, 2.75) is 12.5 Å². The maximum Gasteiger partial charge on any atom is 0.243 e. The fourth-order valence-corrected chi connectivity index (χ4v) is 4.54. The van der Waals surface area contributed by atoms with Crippen molar-refractivity contribution in [2.24, 2.45) is 0 Å². The first-order valence-corrected chi connectivity index (χ1v) is 10.4. The smallest absolute Gasteiger partial charge is 0.243 e. The van der Waals surface area contributed by atoms with Crippen molar-refractivity contribution >= 4 is 46.4 Å². The number of thiophene rings is 1. The first-order valence-electron chi connectivity index (χ1n) is 8.61. The number of hydrogen-bond acceptors (Lipinski definition) is 3. The van der Waals surface area contributed by atoms with E-state index in [1.54, 1.807) is 17.4 Å². The maximum atomic E-state index is 13.1. The molecule has 1 unspecified atom stereocenters. The number of fused-ring (bicyclic) bond motifs is 1. The van der Waals surface area contributed by atoms with Gasteiger partial charge in [-0.15, -0.1) is 29.5 Å². The van der Waals surface area contributed by atoms with Crippen LogP contribution in [0.5, 0.6) is 0 Å². The topological polar surface area (TPSA) is 40.6 Å². The minimum absolute atomic E-state index is 0.0128. The lowest BCUT2D eigenvalue weighted by Gasteiger charge is -2.37. The molecule has 2 aromatic rings. The van der Waals surface area contributed by atoms with Crippen LogP contribution in [-0.4, -0.2) is 47.1 Å². The Balaban J connectivity index is 1.90. The van der Waals surface area contributed by atoms with Crippen molar-refractivity contribution in [3.63, 3.8) is 0 Å². The highest BCUT2D eigenvalue weighted by molar-refractivity contribution is 7.10. The average Bonchev–Trinajstić information content (AvgIpc) is 3.15. The van der Waals surface area contributed by atoms with Crippen LogP contribution in [0.2, 0.25) is 5.02 Å². The SMILES string of the molecule is C=CCN(CC(=O)N1CCc2sccc2C1c1ccc(Cl)cc1)C(=O)CCl. The third-order valence-corrected chi connectivity index (χ3v) is 6.09. The highest BCUT2D eigenvalue weighted by Gasteiger charge is 2.33. The molecule has 0 bridgehead atoms. The summed E-state index contributed by atoms with van der Waals surface area (Å²) in [6, 6.07) is 9.46. The molecule has 0 spiro atoms. The van der Waals surface area contributed by atoms with E-state index in [0.717, 1.165) is 17.5 Å². The third-order valence-electron chi connectivity index (χ3n) is 4.61. The Morgan fingerprint density at radius 3 is 2.70 bits per heavy atom. The molecule has 1 atom stereocenters. The highest BCUT2D eigenvalue weighted by Crippen LogP contribution is 2.38. The Kier molecular flexibility index (Phi) is 6.58. The van der Waals surface area contributed by atoms with Crippen LogP contribution in [0.25, 0.3) is 0 Å². The first-order chi connectivity index (χ1) is 13.0. The molecule has 27 heavy (non-hydrogen) atoms. The van der Waals surface area contributed by atoms with Gasteiger partial charge >= 0.3 is 0 Å². The van der Waals surface area contributed by atoms with E-state index in [2.05, 4.69) is 18.0 Å². The summed E-state index contributed by atoms with van der Waals surface area (Å²) in [6.07, 6.45) is 2.41. The van der Waals surface area contributed by atoms with Gasteiger partial charge in [0.05, 0.1) is 6.04 Å². The zero-order chi connectivity index (χ0) is 19.4. The molecule has 0 N–H and O–H groups in total. The molecule has 0 aliphatic carbocycles. The lowest BCUT2D eigenvalue weighted by Crippen LogP contribution is -2.47. The molecule has 0 saturated heterocycles. The molecule has 7 heteroatoms. The number of rotatable bonds is 6. The standard InChI is InChI=1S/C20H20Cl2N2O2S/c1-2-9-23(18(25)12-21)13-19(26)24-10-7-17-16(8-11-27-17)20(24)14-3-5-15(22)6-4-14/h2-6,8,11,20H,1,7,9-10,12-13H2. The quantitative estimate of drug-likeness (QED) is 0.518. The van der Waals surface area contributed by atoms with E-state index in [1.165, 1.54) is 9.78 Å². The van der Waals surface area contributed by atoms with Crippen LogP contribution in [0, 0.1) is 0 Å². The van der Waals surface area contributed by atoms with Gasteiger partial charge in [-0.1, -0.05) is 29.8 Å². The van der Waals surface area contributed by atoms with Crippen LogP contribution in [0.4, 0.5) is 0 Å². The van der Waals surface area contributed by atoms with Crippen LogP contribution in [-0.2, 0) is 16.0 Å². The molecule has 1 aliphatic heterocycles. The Morgan fingerprint density at radius 1 is 1.30 bits per heavy atom. The zero-order valence-corrected chi connectivity index (χ0v) is 17.1. The summed E-state index contributed by atoms with van der Waals surface area (Å²) < 4.78 is 0. The van der Waals surface area contributed by atoms with Gasteiger partial charge in [-0.3, -0.25) is 9.59 Å². The first kappa shape index (κ1) is 19.9. The van der Waals surface area contributed by atoms with Gasteiger partial charge in [-0.25, -0.2) is 0 Å². The fraction of sp³-hybridized carbons (Fsp3) is 0.300. The highest BCUT2D eigenvalue weighted by atomic mass is 35.5. The van der Waals surface area contributed by atoms with Crippen LogP contribution in [0.15, 0.2) is 48.4 Å². The van der Waals surface area contributed by atoms with Gasteiger partial charge in [0, 0.05) is 23.0 Å². The second-order valence-electron chi connectivity index (χ2n) is 6.29. The van der Waals surface area contributed by atoms with Crippen molar-refractivity contribution in [2.75, 3.05) is 25.5 Å². The van der Waals surface area contributed by atoms with E-state index in [4.69, 9.17) is 23.2 Å². The summed E-state index contributed by atoms with van der Waals surface area (Å²) in [4.78, 5) is 29.7. The van der Waals surface area contributed by atoms with E-state index in [0.29, 0.717) is 18.1 Å². The minimum Gasteiger partial charge on any atom is -0.330 e. The number of benzene rings is 1. The Labute approximate surface area is 173 Å². The van der Waals surface area contributed by atoms with Crippen LogP contribution in [0.1, 0.15) is 22.0 Å². The van der Waals surface area contributed by atoms with Gasteiger partial charge in [0.25, 0.3) is 0 Å². The van der Waals surface area contributed by atoms with Gasteiger partial charge in [0.15, 0.2) is 0 Å². The van der Waals surface area contributed by atoms with Gasteiger partial charge in [0.1, 0.15) is 12.4 Å². The average molecular weight is 423 g/mol. The van der Waals surface area contributed by atoms with Gasteiger partial charge in [-0.2, -0.15) is 0 Å². The van der Waals surface area contributed by atoms with Crippen molar-refractivity contribution in [3.8, 4) is 0 Å². The summed E-state index contributed by atoms with van der Waals surface area (Å²) in [5.41, 5.74) is 2.15. The Bertz CT molecular complexity index is 835. The number of hydrogen-bond donors (Lipinski definition) is 0. The molecular weight excluding hydrogens is 403 g/mol. The summed E-state index contributed by atoms with van der Waals surface area (Å²) >= 11 is 13.4. The predicted molar refractivity (Wildman–Crippen MR) is 111 cm³/mol. The van der Waals surface area contributed by atoms with E-state index in [-0.39, 0.29) is 30.3 Å². The number of carbonyl (C=O) groups excluding carboxylic acids is 2. The third kappa shape index (κ3) is 4.37. The second-order valence-corrected chi connectivity index (χ2v) is 7.99. The number of halogens is 2.